The van der Waals surface area contributed by atoms with Crippen LogP contribution in [-0.2, 0) is 9.53 Å². The van der Waals surface area contributed by atoms with Crippen LogP contribution in [0.5, 0.6) is 0 Å². The van der Waals surface area contributed by atoms with Gasteiger partial charge >= 0.3 is 0 Å². The molecule has 2 amide bonds. The molecule has 5 nitrogen and oxygen atoms in total. The van der Waals surface area contributed by atoms with E-state index in [-0.39, 0.29) is 11.8 Å². The van der Waals surface area contributed by atoms with E-state index in [2.05, 4.69) is 10.6 Å². The minimum Gasteiger partial charge on any atom is -0.367 e. The molecular formula is C23H22N2O3. The van der Waals surface area contributed by atoms with Gasteiger partial charge in [-0.1, -0.05) is 54.1 Å². The molecule has 2 N–H and O–H groups in total. The molecule has 0 fully saturated rings. The number of benzene rings is 3. The topological polar surface area (TPSA) is 67.4 Å². The summed E-state index contributed by atoms with van der Waals surface area (Å²) in [5.74, 6) is -0.484. The van der Waals surface area contributed by atoms with Gasteiger partial charge in [0.1, 0.15) is 0 Å². The van der Waals surface area contributed by atoms with Crippen LogP contribution in [0.4, 0.5) is 11.4 Å². The van der Waals surface area contributed by atoms with Crippen LogP contribution in [0, 0.1) is 6.92 Å². The van der Waals surface area contributed by atoms with Gasteiger partial charge in [-0.2, -0.15) is 0 Å². The number of rotatable bonds is 6. The van der Waals surface area contributed by atoms with Gasteiger partial charge < -0.3 is 15.4 Å². The summed E-state index contributed by atoms with van der Waals surface area (Å²) in [6.45, 7) is 1.94. The summed E-state index contributed by atoms with van der Waals surface area (Å²) in [7, 11) is 1.50. The van der Waals surface area contributed by atoms with Crippen molar-refractivity contribution in [1.29, 1.82) is 0 Å². The van der Waals surface area contributed by atoms with Crippen molar-refractivity contribution in [3.63, 3.8) is 0 Å². The van der Waals surface area contributed by atoms with Gasteiger partial charge in [0, 0.05) is 24.0 Å². The van der Waals surface area contributed by atoms with Crippen molar-refractivity contribution in [2.75, 3.05) is 17.7 Å². The molecule has 0 bridgehead atoms. The Labute approximate surface area is 164 Å². The van der Waals surface area contributed by atoms with E-state index in [4.69, 9.17) is 4.74 Å². The molecule has 0 aliphatic rings. The lowest BCUT2D eigenvalue weighted by atomic mass is 10.1. The fourth-order valence-electron chi connectivity index (χ4n) is 2.89. The normalized spacial score (nSPS) is 11.5. The van der Waals surface area contributed by atoms with Gasteiger partial charge in [-0.3, -0.25) is 9.59 Å². The summed E-state index contributed by atoms with van der Waals surface area (Å²) in [4.78, 5) is 25.0. The average molecular weight is 374 g/mol. The van der Waals surface area contributed by atoms with Crippen molar-refractivity contribution in [2.45, 2.75) is 13.0 Å². The van der Waals surface area contributed by atoms with Crippen molar-refractivity contribution < 1.29 is 14.3 Å². The lowest BCUT2D eigenvalue weighted by molar-refractivity contribution is -0.126. The summed E-state index contributed by atoms with van der Waals surface area (Å²) in [6.07, 6.45) is -0.716. The Balaban J connectivity index is 1.70. The Bertz CT molecular complexity index is 970. The predicted octanol–water partition coefficient (Wildman–Crippen LogP) is 4.57. The van der Waals surface area contributed by atoms with Crippen LogP contribution in [0.2, 0.25) is 0 Å². The van der Waals surface area contributed by atoms with Crippen LogP contribution in [0.25, 0.3) is 0 Å². The molecule has 0 aliphatic carbocycles. The van der Waals surface area contributed by atoms with Crippen molar-refractivity contribution >= 4 is 23.2 Å². The minimum absolute atomic E-state index is 0.203. The standard InChI is InChI=1S/C23H22N2O3/c1-16-8-6-11-18(14-16)22(26)24-19-12-7-13-20(15-19)25-23(27)21(28-2)17-9-4-3-5-10-17/h3-15,21H,1-2H3,(H,24,26)(H,25,27). The largest absolute Gasteiger partial charge is 0.367 e. The zero-order valence-corrected chi connectivity index (χ0v) is 15.8. The van der Waals surface area contributed by atoms with E-state index in [0.717, 1.165) is 11.1 Å². The molecule has 0 aliphatic heterocycles. The van der Waals surface area contributed by atoms with Crippen LogP contribution in [0.1, 0.15) is 27.6 Å². The van der Waals surface area contributed by atoms with Crippen molar-refractivity contribution in [3.05, 3.63) is 95.6 Å². The average Bonchev–Trinajstić information content (AvgIpc) is 2.69. The van der Waals surface area contributed by atoms with Crippen LogP contribution in [0.3, 0.4) is 0 Å². The third-order valence-electron chi connectivity index (χ3n) is 4.24. The maximum Gasteiger partial charge on any atom is 0.258 e. The summed E-state index contributed by atoms with van der Waals surface area (Å²) in [5, 5.41) is 5.69. The monoisotopic (exact) mass is 374 g/mol. The molecule has 142 valence electrons. The molecule has 5 heteroatoms. The molecule has 28 heavy (non-hydrogen) atoms. The van der Waals surface area contributed by atoms with Crippen molar-refractivity contribution in [1.82, 2.24) is 0 Å². The van der Waals surface area contributed by atoms with Gasteiger partial charge in [0.05, 0.1) is 0 Å². The van der Waals surface area contributed by atoms with Crippen LogP contribution in [0.15, 0.2) is 78.9 Å². The zero-order valence-electron chi connectivity index (χ0n) is 15.8. The molecule has 0 heterocycles. The van der Waals surface area contributed by atoms with Gasteiger partial charge in [0.25, 0.3) is 11.8 Å². The van der Waals surface area contributed by atoms with E-state index >= 15 is 0 Å². The Morgan fingerprint density at radius 2 is 1.50 bits per heavy atom. The second-order valence-electron chi connectivity index (χ2n) is 6.42. The fourth-order valence-corrected chi connectivity index (χ4v) is 2.89. The molecule has 1 atom stereocenters. The number of carbonyl (C=O) groups is 2. The van der Waals surface area contributed by atoms with E-state index < -0.39 is 6.10 Å². The highest BCUT2D eigenvalue weighted by Gasteiger charge is 2.20. The lowest BCUT2D eigenvalue weighted by Crippen LogP contribution is -2.22. The van der Waals surface area contributed by atoms with Gasteiger partial charge in [-0.15, -0.1) is 0 Å². The molecule has 3 aromatic rings. The highest BCUT2D eigenvalue weighted by Crippen LogP contribution is 2.21. The molecule has 1 unspecified atom stereocenters. The number of amides is 2. The molecule has 0 saturated carbocycles. The summed E-state index contributed by atoms with van der Waals surface area (Å²) >= 11 is 0. The van der Waals surface area contributed by atoms with Crippen molar-refractivity contribution in [3.8, 4) is 0 Å². The molecule has 0 radical (unpaired) electrons. The van der Waals surface area contributed by atoms with Gasteiger partial charge in [0.15, 0.2) is 6.10 Å². The maximum absolute atomic E-state index is 12.6. The van der Waals surface area contributed by atoms with Gasteiger partial charge in [0.2, 0.25) is 0 Å². The number of methoxy groups -OCH3 is 1. The summed E-state index contributed by atoms with van der Waals surface area (Å²) in [6, 6.07) is 23.7. The fraction of sp³-hybridized carbons (Fsp3) is 0.130. The molecule has 0 spiro atoms. The van der Waals surface area contributed by atoms with Gasteiger partial charge in [-0.05, 0) is 42.8 Å². The van der Waals surface area contributed by atoms with Gasteiger partial charge in [-0.25, -0.2) is 0 Å². The first kappa shape index (κ1) is 19.3. The van der Waals surface area contributed by atoms with Crippen LogP contribution in [-0.4, -0.2) is 18.9 Å². The third-order valence-corrected chi connectivity index (χ3v) is 4.24. The molecule has 3 rings (SSSR count). The van der Waals surface area contributed by atoms with E-state index in [0.29, 0.717) is 16.9 Å². The second-order valence-corrected chi connectivity index (χ2v) is 6.42. The number of hydrogen-bond donors (Lipinski definition) is 2. The quantitative estimate of drug-likeness (QED) is 0.664. The number of nitrogens with one attached hydrogen (secondary N) is 2. The maximum atomic E-state index is 12.6. The smallest absolute Gasteiger partial charge is 0.258 e. The number of anilines is 2. The molecule has 3 aromatic carbocycles. The highest BCUT2D eigenvalue weighted by molar-refractivity contribution is 6.05. The Morgan fingerprint density at radius 3 is 2.18 bits per heavy atom. The first-order valence-corrected chi connectivity index (χ1v) is 8.93. The zero-order chi connectivity index (χ0) is 19.9. The SMILES string of the molecule is COC(C(=O)Nc1cccc(NC(=O)c2cccc(C)c2)c1)c1ccccc1. The molecule has 0 aromatic heterocycles. The number of aryl methyl sites for hydroxylation is 1. The van der Waals surface area contributed by atoms with Crippen molar-refractivity contribution in [2.24, 2.45) is 0 Å². The summed E-state index contributed by atoms with van der Waals surface area (Å²) < 4.78 is 5.35. The molecule has 0 saturated heterocycles. The number of carbonyl (C=O) groups excluding carboxylic acids is 2. The van der Waals surface area contributed by atoms with E-state index in [1.807, 2.05) is 55.5 Å². The molecular weight excluding hydrogens is 352 g/mol. The Morgan fingerprint density at radius 1 is 0.821 bits per heavy atom. The van der Waals surface area contributed by atoms with E-state index in [9.17, 15) is 9.59 Å². The highest BCUT2D eigenvalue weighted by atomic mass is 16.5. The Kier molecular flexibility index (Phi) is 6.19. The minimum atomic E-state index is -0.716. The van der Waals surface area contributed by atoms with Crippen LogP contribution < -0.4 is 10.6 Å². The summed E-state index contributed by atoms with van der Waals surface area (Å²) in [5.41, 5.74) is 3.53. The predicted molar refractivity (Wildman–Crippen MR) is 110 cm³/mol. The third kappa shape index (κ3) is 4.84. The Hall–Kier alpha value is -3.44. The number of hydrogen-bond acceptors (Lipinski definition) is 3. The van der Waals surface area contributed by atoms with Crippen LogP contribution >= 0.6 is 0 Å². The first-order chi connectivity index (χ1) is 13.6. The van der Waals surface area contributed by atoms with E-state index in [1.165, 1.54) is 7.11 Å². The van der Waals surface area contributed by atoms with E-state index in [1.54, 1.807) is 30.3 Å². The second kappa shape index (κ2) is 8.97. The first-order valence-electron chi connectivity index (χ1n) is 8.93. The number of ether oxygens (including phenoxy) is 1. The lowest BCUT2D eigenvalue weighted by Gasteiger charge is -2.16.